The van der Waals surface area contributed by atoms with E-state index in [4.69, 9.17) is 0 Å². The zero-order valence-electron chi connectivity index (χ0n) is 17.3. The molecule has 32 heavy (non-hydrogen) atoms. The Kier molecular flexibility index (Phi) is 4.49. The van der Waals surface area contributed by atoms with Crippen molar-refractivity contribution in [1.82, 2.24) is 34.2 Å². The van der Waals surface area contributed by atoms with Crippen LogP contribution < -0.4 is 5.32 Å². The Hall–Kier alpha value is -4.78. The summed E-state index contributed by atoms with van der Waals surface area (Å²) in [5, 5.41) is 25.3. The second-order valence-electron chi connectivity index (χ2n) is 7.12. The van der Waals surface area contributed by atoms with E-state index in [2.05, 4.69) is 31.7 Å². The second kappa shape index (κ2) is 7.48. The SMILES string of the molecule is Cc1c(-c2ccnc3cc(C(=O)Nc4c(C#N)cnn4-c4ccccc4)nn23)cnn1C. The number of nitrogens with zero attached hydrogens (tertiary/aromatic N) is 8. The van der Waals surface area contributed by atoms with Gasteiger partial charge in [-0.25, -0.2) is 14.2 Å². The predicted octanol–water partition coefficient (Wildman–Crippen LogP) is 2.75. The summed E-state index contributed by atoms with van der Waals surface area (Å²) in [6.07, 6.45) is 4.83. The molecule has 0 radical (unpaired) electrons. The van der Waals surface area contributed by atoms with Crippen molar-refractivity contribution in [3.63, 3.8) is 0 Å². The lowest BCUT2D eigenvalue weighted by Crippen LogP contribution is -2.16. The van der Waals surface area contributed by atoms with Gasteiger partial charge in [-0.15, -0.1) is 0 Å². The van der Waals surface area contributed by atoms with Crippen molar-refractivity contribution >= 4 is 17.4 Å². The lowest BCUT2D eigenvalue weighted by atomic mass is 10.2. The zero-order valence-corrected chi connectivity index (χ0v) is 17.3. The number of carbonyl (C=O) groups is 1. The lowest BCUT2D eigenvalue weighted by molar-refractivity contribution is 0.102. The smallest absolute Gasteiger partial charge is 0.277 e. The highest BCUT2D eigenvalue weighted by Crippen LogP contribution is 2.24. The van der Waals surface area contributed by atoms with Crippen LogP contribution in [0.5, 0.6) is 0 Å². The maximum Gasteiger partial charge on any atom is 0.277 e. The Morgan fingerprint density at radius 1 is 1.12 bits per heavy atom. The lowest BCUT2D eigenvalue weighted by Gasteiger charge is -2.08. The molecule has 0 saturated heterocycles. The summed E-state index contributed by atoms with van der Waals surface area (Å²) in [7, 11) is 1.86. The van der Waals surface area contributed by atoms with Gasteiger partial charge in [0, 0.05) is 30.6 Å². The van der Waals surface area contributed by atoms with Crippen LogP contribution in [0.1, 0.15) is 21.7 Å². The van der Waals surface area contributed by atoms with Gasteiger partial charge in [0.2, 0.25) is 0 Å². The van der Waals surface area contributed by atoms with Gasteiger partial charge < -0.3 is 5.32 Å². The molecule has 1 N–H and O–H groups in total. The highest BCUT2D eigenvalue weighted by molar-refractivity contribution is 6.03. The average Bonchev–Trinajstić information content (AvgIpc) is 3.51. The molecule has 1 amide bonds. The molecular formula is C22H17N9O. The van der Waals surface area contributed by atoms with E-state index in [1.54, 1.807) is 27.7 Å². The standard InChI is InChI=1S/C22H17N9O/c1-14-17(13-25-29(14)2)19-8-9-24-20-10-18(28-31(19)20)22(32)27-21-15(11-23)12-26-30(21)16-6-4-3-5-7-16/h3-10,12-13H,1-2H3,(H,27,32). The molecule has 0 aliphatic rings. The highest BCUT2D eigenvalue weighted by Gasteiger charge is 2.20. The molecule has 5 aromatic rings. The number of rotatable bonds is 4. The van der Waals surface area contributed by atoms with Gasteiger partial charge in [0.15, 0.2) is 17.2 Å². The summed E-state index contributed by atoms with van der Waals surface area (Å²) in [5.74, 6) is -0.199. The Morgan fingerprint density at radius 3 is 2.66 bits per heavy atom. The fraction of sp³-hybridized carbons (Fsp3) is 0.0909. The van der Waals surface area contributed by atoms with Crippen molar-refractivity contribution < 1.29 is 4.79 Å². The minimum atomic E-state index is -0.474. The fourth-order valence-corrected chi connectivity index (χ4v) is 3.45. The van der Waals surface area contributed by atoms with Crippen LogP contribution in [0.2, 0.25) is 0 Å². The Bertz CT molecular complexity index is 1500. The number of anilines is 1. The molecule has 0 aliphatic carbocycles. The van der Waals surface area contributed by atoms with Crippen LogP contribution in [0.3, 0.4) is 0 Å². The number of para-hydroxylation sites is 1. The number of hydrogen-bond donors (Lipinski definition) is 1. The number of benzene rings is 1. The summed E-state index contributed by atoms with van der Waals surface area (Å²) < 4.78 is 4.89. The molecule has 5 rings (SSSR count). The van der Waals surface area contributed by atoms with Crippen molar-refractivity contribution in [3.8, 4) is 23.0 Å². The molecule has 4 aromatic heterocycles. The first-order valence-electron chi connectivity index (χ1n) is 9.75. The maximum absolute atomic E-state index is 13.1. The summed E-state index contributed by atoms with van der Waals surface area (Å²) >= 11 is 0. The van der Waals surface area contributed by atoms with E-state index < -0.39 is 5.91 Å². The number of amides is 1. The average molecular weight is 423 g/mol. The van der Waals surface area contributed by atoms with Crippen LogP contribution in [0.25, 0.3) is 22.6 Å². The van der Waals surface area contributed by atoms with Gasteiger partial charge in [0.25, 0.3) is 5.91 Å². The van der Waals surface area contributed by atoms with Crippen LogP contribution in [0.4, 0.5) is 5.82 Å². The molecule has 156 valence electrons. The molecule has 4 heterocycles. The van der Waals surface area contributed by atoms with E-state index in [0.29, 0.717) is 5.65 Å². The van der Waals surface area contributed by atoms with Crippen LogP contribution in [0.15, 0.2) is 61.1 Å². The van der Waals surface area contributed by atoms with Crippen LogP contribution >= 0.6 is 0 Å². The van der Waals surface area contributed by atoms with Gasteiger partial charge in [0.1, 0.15) is 11.6 Å². The van der Waals surface area contributed by atoms with E-state index in [0.717, 1.165) is 22.6 Å². The molecule has 0 atom stereocenters. The maximum atomic E-state index is 13.1. The second-order valence-corrected chi connectivity index (χ2v) is 7.12. The Balaban J connectivity index is 1.54. The van der Waals surface area contributed by atoms with Gasteiger partial charge in [-0.3, -0.25) is 9.48 Å². The summed E-state index contributed by atoms with van der Waals surface area (Å²) in [6, 6.07) is 14.7. The van der Waals surface area contributed by atoms with Crippen molar-refractivity contribution in [2.75, 3.05) is 5.32 Å². The molecule has 0 spiro atoms. The van der Waals surface area contributed by atoms with E-state index in [-0.39, 0.29) is 17.1 Å². The van der Waals surface area contributed by atoms with Gasteiger partial charge in [0.05, 0.1) is 23.8 Å². The van der Waals surface area contributed by atoms with Crippen molar-refractivity contribution in [3.05, 3.63) is 78.0 Å². The largest absolute Gasteiger partial charge is 0.304 e. The zero-order chi connectivity index (χ0) is 22.2. The normalized spacial score (nSPS) is 10.9. The number of fused-ring (bicyclic) bond motifs is 1. The number of aromatic nitrogens is 7. The highest BCUT2D eigenvalue weighted by atomic mass is 16.2. The Morgan fingerprint density at radius 2 is 1.94 bits per heavy atom. The molecule has 0 bridgehead atoms. The van der Waals surface area contributed by atoms with E-state index in [1.807, 2.05) is 50.4 Å². The van der Waals surface area contributed by atoms with Crippen molar-refractivity contribution in [1.29, 1.82) is 5.26 Å². The number of nitriles is 1. The van der Waals surface area contributed by atoms with Crippen molar-refractivity contribution in [2.24, 2.45) is 7.05 Å². The van der Waals surface area contributed by atoms with E-state index in [1.165, 1.54) is 10.9 Å². The Labute approximate surface area is 182 Å². The van der Waals surface area contributed by atoms with Gasteiger partial charge in [-0.05, 0) is 25.1 Å². The first kappa shape index (κ1) is 19.2. The minimum absolute atomic E-state index is 0.163. The molecule has 0 fully saturated rings. The predicted molar refractivity (Wildman–Crippen MR) is 116 cm³/mol. The number of nitrogens with one attached hydrogen (secondary N) is 1. The summed E-state index contributed by atoms with van der Waals surface area (Å²) in [4.78, 5) is 17.4. The van der Waals surface area contributed by atoms with Crippen LogP contribution in [0, 0.1) is 18.3 Å². The minimum Gasteiger partial charge on any atom is -0.304 e. The van der Waals surface area contributed by atoms with Gasteiger partial charge in [-0.2, -0.15) is 20.6 Å². The van der Waals surface area contributed by atoms with Crippen LogP contribution in [-0.2, 0) is 7.05 Å². The van der Waals surface area contributed by atoms with E-state index in [9.17, 15) is 10.1 Å². The fourth-order valence-electron chi connectivity index (χ4n) is 3.45. The number of hydrogen-bond acceptors (Lipinski definition) is 6. The van der Waals surface area contributed by atoms with Gasteiger partial charge >= 0.3 is 0 Å². The third-order valence-corrected chi connectivity index (χ3v) is 5.22. The molecule has 1 aromatic carbocycles. The summed E-state index contributed by atoms with van der Waals surface area (Å²) in [6.45, 7) is 1.96. The first-order valence-corrected chi connectivity index (χ1v) is 9.75. The first-order chi connectivity index (χ1) is 15.6. The van der Waals surface area contributed by atoms with Crippen LogP contribution in [-0.4, -0.2) is 40.1 Å². The van der Waals surface area contributed by atoms with E-state index >= 15 is 0 Å². The third kappa shape index (κ3) is 3.09. The quantitative estimate of drug-likeness (QED) is 0.475. The number of carbonyl (C=O) groups excluding carboxylic acids is 1. The molecule has 10 nitrogen and oxygen atoms in total. The van der Waals surface area contributed by atoms with Gasteiger partial charge in [-0.1, -0.05) is 18.2 Å². The summed E-state index contributed by atoms with van der Waals surface area (Å²) in [5.41, 5.74) is 4.27. The molecular weight excluding hydrogens is 406 g/mol. The monoisotopic (exact) mass is 423 g/mol. The molecule has 10 heteroatoms. The third-order valence-electron chi connectivity index (χ3n) is 5.22. The molecule has 0 aliphatic heterocycles. The number of aryl methyl sites for hydroxylation is 1. The van der Waals surface area contributed by atoms with Crippen molar-refractivity contribution in [2.45, 2.75) is 6.92 Å². The molecule has 0 unspecified atom stereocenters. The topological polar surface area (TPSA) is 119 Å². The molecule has 0 saturated carbocycles.